The Balaban J connectivity index is 0. The van der Waals surface area contributed by atoms with Crippen molar-refractivity contribution in [2.24, 2.45) is 5.73 Å². The van der Waals surface area contributed by atoms with E-state index in [-0.39, 0.29) is 44.9 Å². The molecule has 3 heteroatoms. The zero-order valence-corrected chi connectivity index (χ0v) is 7.39. The van der Waals surface area contributed by atoms with E-state index in [2.05, 4.69) is 13.1 Å². The van der Waals surface area contributed by atoms with E-state index in [0.29, 0.717) is 0 Å². The van der Waals surface area contributed by atoms with Crippen LogP contribution in [0.1, 0.15) is 6.42 Å². The van der Waals surface area contributed by atoms with Crippen molar-refractivity contribution < 1.29 is 37.5 Å². The van der Waals surface area contributed by atoms with Crippen LogP contribution in [-0.4, -0.2) is 5.78 Å². The van der Waals surface area contributed by atoms with Gasteiger partial charge in [-0.2, -0.15) is 18.7 Å². The normalized spacial score (nSPS) is 8.62. The SMILES string of the molecule is [CH2-]CC(=O)C=[C-]N.[Y]. The molecule has 0 aliphatic heterocycles. The first-order valence-electron chi connectivity index (χ1n) is 1.92. The molecular formula is C5H7NOY-2. The van der Waals surface area contributed by atoms with Crippen LogP contribution in [-0.2, 0) is 37.5 Å². The molecule has 0 amide bonds. The molecule has 43 valence electrons. The van der Waals surface area contributed by atoms with Crippen molar-refractivity contribution in [3.05, 3.63) is 19.2 Å². The number of carbonyl (C=O) groups is 1. The zero-order chi connectivity index (χ0) is 5.70. The molecule has 0 atom stereocenters. The first-order valence-corrected chi connectivity index (χ1v) is 1.92. The Morgan fingerprint density at radius 3 is 2.50 bits per heavy atom. The Hall–Kier alpha value is 0.314. The Labute approximate surface area is 74.4 Å². The Kier molecular flexibility index (Phi) is 10.2. The average Bonchev–Trinajstić information content (AvgIpc) is 1.68. The van der Waals surface area contributed by atoms with Crippen molar-refractivity contribution in [2.45, 2.75) is 6.42 Å². The van der Waals surface area contributed by atoms with Crippen LogP contribution in [0.15, 0.2) is 6.08 Å². The minimum Gasteiger partial charge on any atom is -0.489 e. The van der Waals surface area contributed by atoms with Gasteiger partial charge in [-0.3, -0.25) is 0 Å². The summed E-state index contributed by atoms with van der Waals surface area (Å²) in [5, 5.41) is 0. The number of nitrogens with two attached hydrogens (primary N) is 1. The molecule has 0 heterocycles. The number of hydrogen-bond acceptors (Lipinski definition) is 2. The Morgan fingerprint density at radius 2 is 2.38 bits per heavy atom. The van der Waals surface area contributed by atoms with E-state index in [1.165, 1.54) is 6.08 Å². The smallest absolute Gasteiger partial charge is 0 e. The van der Waals surface area contributed by atoms with Gasteiger partial charge in [-0.05, 0) is 5.78 Å². The minimum atomic E-state index is -0.0949. The molecule has 2 N–H and O–H groups in total. The first kappa shape index (κ1) is 11.2. The maximum Gasteiger partial charge on any atom is 0 e. The molecule has 0 aromatic heterocycles. The van der Waals surface area contributed by atoms with Crippen molar-refractivity contribution >= 4 is 5.78 Å². The molecule has 0 aliphatic carbocycles. The quantitative estimate of drug-likeness (QED) is 0.376. The summed E-state index contributed by atoms with van der Waals surface area (Å²) in [5.41, 5.74) is 4.75. The predicted molar refractivity (Wildman–Crippen MR) is 27.0 cm³/mol. The number of carbonyl (C=O) groups excluding carboxylic acids is 1. The van der Waals surface area contributed by atoms with Gasteiger partial charge in [0.05, 0.1) is 0 Å². The van der Waals surface area contributed by atoms with Crippen molar-refractivity contribution in [1.29, 1.82) is 0 Å². The number of allylic oxidation sites excluding steroid dienone is 1. The van der Waals surface area contributed by atoms with Gasteiger partial charge in [-0.1, -0.05) is 0 Å². The molecule has 0 saturated heterocycles. The predicted octanol–water partition coefficient (Wildman–Crippen LogP) is 0.0528. The van der Waals surface area contributed by atoms with Crippen LogP contribution in [0.2, 0.25) is 0 Å². The van der Waals surface area contributed by atoms with E-state index in [0.717, 1.165) is 0 Å². The third-order valence-corrected chi connectivity index (χ3v) is 0.491. The molecule has 0 saturated carbocycles. The van der Waals surface area contributed by atoms with Crippen LogP contribution in [0.4, 0.5) is 0 Å². The second-order valence-electron chi connectivity index (χ2n) is 1.03. The van der Waals surface area contributed by atoms with Gasteiger partial charge in [-0.25, -0.2) is 0 Å². The fourth-order valence-corrected chi connectivity index (χ4v) is 0.165. The van der Waals surface area contributed by atoms with Crippen LogP contribution in [0.5, 0.6) is 0 Å². The molecule has 2 nitrogen and oxygen atoms in total. The Bertz CT molecular complexity index is 90.4. The Morgan fingerprint density at radius 1 is 1.88 bits per heavy atom. The largest absolute Gasteiger partial charge is 0.489 e. The first-order chi connectivity index (χ1) is 3.31. The summed E-state index contributed by atoms with van der Waals surface area (Å²) >= 11 is 0. The van der Waals surface area contributed by atoms with Gasteiger partial charge < -0.3 is 17.5 Å². The van der Waals surface area contributed by atoms with E-state index < -0.39 is 0 Å². The van der Waals surface area contributed by atoms with Crippen LogP contribution in [0.25, 0.3) is 0 Å². The van der Waals surface area contributed by atoms with Gasteiger partial charge in [0.1, 0.15) is 0 Å². The van der Waals surface area contributed by atoms with E-state index in [4.69, 9.17) is 5.73 Å². The summed E-state index contributed by atoms with van der Waals surface area (Å²) in [6.07, 6.45) is 3.53. The second-order valence-corrected chi connectivity index (χ2v) is 1.03. The maximum absolute atomic E-state index is 10.2. The third kappa shape index (κ3) is 6.31. The molecule has 0 rings (SSSR count). The molecular weight excluding hydrogens is 179 g/mol. The molecule has 8 heavy (non-hydrogen) atoms. The average molecular weight is 186 g/mol. The van der Waals surface area contributed by atoms with Crippen molar-refractivity contribution in [3.8, 4) is 0 Å². The number of rotatable bonds is 2. The zero-order valence-electron chi connectivity index (χ0n) is 4.55. The van der Waals surface area contributed by atoms with Crippen LogP contribution in [0.3, 0.4) is 0 Å². The summed E-state index contributed by atoms with van der Waals surface area (Å²) in [6.45, 7) is 3.33. The molecule has 0 aliphatic rings. The third-order valence-electron chi connectivity index (χ3n) is 0.491. The van der Waals surface area contributed by atoms with Gasteiger partial charge >= 0.3 is 0 Å². The van der Waals surface area contributed by atoms with E-state index >= 15 is 0 Å². The maximum atomic E-state index is 10.2. The summed E-state index contributed by atoms with van der Waals surface area (Å²) < 4.78 is 0. The van der Waals surface area contributed by atoms with Crippen LogP contribution in [0, 0.1) is 13.1 Å². The molecule has 0 fully saturated rings. The summed E-state index contributed by atoms with van der Waals surface area (Å²) in [4.78, 5) is 10.2. The molecule has 1 radical (unpaired) electrons. The number of hydrogen-bond donors (Lipinski definition) is 1. The van der Waals surface area contributed by atoms with Gasteiger partial charge in [-0.15, -0.1) is 0 Å². The molecule has 0 aromatic carbocycles. The van der Waals surface area contributed by atoms with Crippen molar-refractivity contribution in [2.75, 3.05) is 0 Å². The molecule has 0 bridgehead atoms. The van der Waals surface area contributed by atoms with Crippen molar-refractivity contribution in [3.63, 3.8) is 0 Å². The van der Waals surface area contributed by atoms with Gasteiger partial charge in [0, 0.05) is 32.7 Å². The van der Waals surface area contributed by atoms with Gasteiger partial charge in [0.25, 0.3) is 0 Å². The fraction of sp³-hybridized carbons (Fsp3) is 0.200. The van der Waals surface area contributed by atoms with E-state index in [9.17, 15) is 4.79 Å². The van der Waals surface area contributed by atoms with Crippen LogP contribution < -0.4 is 5.73 Å². The summed E-state index contributed by atoms with van der Waals surface area (Å²) in [7, 11) is 0. The molecule has 0 aromatic rings. The molecule has 0 spiro atoms. The van der Waals surface area contributed by atoms with Crippen molar-refractivity contribution in [1.82, 2.24) is 0 Å². The fourth-order valence-electron chi connectivity index (χ4n) is 0.165. The van der Waals surface area contributed by atoms with Crippen LogP contribution >= 0.6 is 0 Å². The monoisotopic (exact) mass is 186 g/mol. The second kappa shape index (κ2) is 7.31. The summed E-state index contributed by atoms with van der Waals surface area (Å²) in [5.74, 6) is -0.0949. The number of ketones is 1. The van der Waals surface area contributed by atoms with Gasteiger partial charge in [0.2, 0.25) is 0 Å². The van der Waals surface area contributed by atoms with Gasteiger partial charge in [0.15, 0.2) is 0 Å². The topological polar surface area (TPSA) is 43.1 Å². The van der Waals surface area contributed by atoms with E-state index in [1.807, 2.05) is 0 Å². The van der Waals surface area contributed by atoms with E-state index in [1.54, 1.807) is 0 Å². The molecule has 0 unspecified atom stereocenters. The summed E-state index contributed by atoms with van der Waals surface area (Å²) in [6, 6.07) is 0. The standard InChI is InChI=1S/C5H7NO.Y/c1-2-5(7)3-4-6;/h3H,1-2,6H2;/q-2;. The minimum absolute atomic E-state index is 0.